The van der Waals surface area contributed by atoms with Crippen molar-refractivity contribution < 1.29 is 29.7 Å². The number of carbonyl (C=O) groups excluding carboxylic acids is 3. The Morgan fingerprint density at radius 1 is 1.04 bits per heavy atom. The topological polar surface area (TPSA) is 150 Å². The highest BCUT2D eigenvalue weighted by Gasteiger charge is 2.30. The minimum Gasteiger partial charge on any atom is -0.394 e. The van der Waals surface area contributed by atoms with Crippen LogP contribution in [0.5, 0.6) is 0 Å². The maximum Gasteiger partial charge on any atom is 0.253 e. The second kappa shape index (κ2) is 9.72. The van der Waals surface area contributed by atoms with Gasteiger partial charge in [0.05, 0.1) is 23.8 Å². The molecule has 2 unspecified atom stereocenters. The summed E-state index contributed by atoms with van der Waals surface area (Å²) in [6.07, 6.45) is -2.47. The number of amides is 2. The van der Waals surface area contributed by atoms with Gasteiger partial charge in [-0.15, -0.1) is 0 Å². The number of aliphatic hydroxyl groups is 3. The molecule has 6 N–H and O–H groups in total. The van der Waals surface area contributed by atoms with E-state index in [1.54, 1.807) is 67.8 Å². The Bertz CT molecular complexity index is 723. The van der Waals surface area contributed by atoms with Crippen LogP contribution in [-0.2, 0) is 0 Å². The molecular formula is C14H15I3N2O6. The number of hydrogen-bond acceptors (Lipinski definition) is 6. The van der Waals surface area contributed by atoms with Gasteiger partial charge in [-0.05, 0) is 74.7 Å². The predicted molar refractivity (Wildman–Crippen MR) is 115 cm³/mol. The first-order valence-electron chi connectivity index (χ1n) is 6.84. The van der Waals surface area contributed by atoms with E-state index in [1.165, 1.54) is 6.92 Å². The second-order valence-electron chi connectivity index (χ2n) is 5.02. The SMILES string of the molecule is CC(O)C(=O)c1c(I)c(C(N)=O)c(I)c(C(=O)NCC(O)CO)c1I. The Morgan fingerprint density at radius 2 is 1.52 bits per heavy atom. The summed E-state index contributed by atoms with van der Waals surface area (Å²) in [5.41, 5.74) is 5.49. The Hall–Kier alpha value is -0.100. The summed E-state index contributed by atoms with van der Waals surface area (Å²) in [6.45, 7) is 0.548. The van der Waals surface area contributed by atoms with Gasteiger partial charge in [0.2, 0.25) is 0 Å². The number of hydrogen-bond donors (Lipinski definition) is 5. The van der Waals surface area contributed by atoms with E-state index in [1.807, 2.05) is 0 Å². The molecule has 0 bridgehead atoms. The van der Waals surface area contributed by atoms with Crippen LogP contribution in [0.25, 0.3) is 0 Å². The summed E-state index contributed by atoms with van der Waals surface area (Å²) in [7, 11) is 0. The molecule has 2 amide bonds. The highest BCUT2D eigenvalue weighted by molar-refractivity contribution is 14.1. The number of aliphatic hydroxyl groups excluding tert-OH is 3. The van der Waals surface area contributed by atoms with E-state index in [-0.39, 0.29) is 33.9 Å². The molecule has 0 heterocycles. The van der Waals surface area contributed by atoms with Gasteiger partial charge >= 0.3 is 0 Å². The van der Waals surface area contributed by atoms with Crippen molar-refractivity contribution in [1.82, 2.24) is 5.32 Å². The second-order valence-corrected chi connectivity index (χ2v) is 8.25. The summed E-state index contributed by atoms with van der Waals surface area (Å²) < 4.78 is 0.784. The minimum absolute atomic E-state index is 0.0125. The number of rotatable bonds is 7. The molecule has 0 spiro atoms. The van der Waals surface area contributed by atoms with Crippen LogP contribution in [0.4, 0.5) is 0 Å². The van der Waals surface area contributed by atoms with Crippen molar-refractivity contribution in [1.29, 1.82) is 0 Å². The fourth-order valence-corrected chi connectivity index (χ4v) is 6.59. The van der Waals surface area contributed by atoms with Crippen LogP contribution in [0.1, 0.15) is 38.0 Å². The molecule has 1 aromatic carbocycles. The molecule has 0 saturated heterocycles. The first-order valence-corrected chi connectivity index (χ1v) is 10.1. The average Bonchev–Trinajstić information content (AvgIpc) is 2.51. The predicted octanol–water partition coefficient (Wildman–Crippen LogP) is 0.246. The van der Waals surface area contributed by atoms with Crippen molar-refractivity contribution in [2.24, 2.45) is 5.73 Å². The van der Waals surface area contributed by atoms with Gasteiger partial charge in [0.15, 0.2) is 5.78 Å². The van der Waals surface area contributed by atoms with E-state index >= 15 is 0 Å². The number of nitrogens with two attached hydrogens (primary N) is 1. The zero-order valence-corrected chi connectivity index (χ0v) is 19.3. The number of ketones is 1. The third-order valence-corrected chi connectivity index (χ3v) is 6.36. The summed E-state index contributed by atoms with van der Waals surface area (Å²) in [5, 5.41) is 30.2. The Labute approximate surface area is 184 Å². The molecule has 0 radical (unpaired) electrons. The van der Waals surface area contributed by atoms with Gasteiger partial charge in [-0.1, -0.05) is 0 Å². The Morgan fingerprint density at radius 3 is 1.96 bits per heavy atom. The zero-order valence-electron chi connectivity index (χ0n) is 12.8. The van der Waals surface area contributed by atoms with Gasteiger partial charge in [0.25, 0.3) is 11.8 Å². The van der Waals surface area contributed by atoms with Gasteiger partial charge in [0, 0.05) is 22.8 Å². The van der Waals surface area contributed by atoms with Gasteiger partial charge < -0.3 is 26.4 Å². The molecule has 0 aliphatic rings. The molecule has 2 atom stereocenters. The van der Waals surface area contributed by atoms with Gasteiger partial charge in [-0.25, -0.2) is 0 Å². The van der Waals surface area contributed by atoms with E-state index in [9.17, 15) is 24.6 Å². The van der Waals surface area contributed by atoms with E-state index < -0.39 is 36.4 Å². The first-order chi connectivity index (χ1) is 11.5. The standard InChI is InChI=1S/C14H15I3N2O6/c1-4(21)12(23)6-9(15)7(13(18)24)11(17)8(10(6)16)14(25)19-2-5(22)3-20/h4-5,20-22H,2-3H2,1H3,(H2,18,24)(H,19,25). The van der Waals surface area contributed by atoms with E-state index in [0.717, 1.165) is 0 Å². The molecule has 25 heavy (non-hydrogen) atoms. The molecule has 138 valence electrons. The minimum atomic E-state index is -1.32. The molecule has 0 saturated carbocycles. The molecule has 8 nitrogen and oxygen atoms in total. The molecule has 1 aromatic rings. The van der Waals surface area contributed by atoms with E-state index in [0.29, 0.717) is 0 Å². The first kappa shape index (κ1) is 22.9. The highest BCUT2D eigenvalue weighted by atomic mass is 127. The number of Topliss-reactive ketones (excluding diaryl/α,β-unsaturated/α-hetero) is 1. The molecule has 11 heteroatoms. The third kappa shape index (κ3) is 5.21. The highest BCUT2D eigenvalue weighted by Crippen LogP contribution is 2.32. The molecule has 1 rings (SSSR count). The van der Waals surface area contributed by atoms with Gasteiger partial charge in [-0.3, -0.25) is 14.4 Å². The maximum absolute atomic E-state index is 12.5. The normalized spacial score (nSPS) is 13.2. The monoisotopic (exact) mass is 688 g/mol. The lowest BCUT2D eigenvalue weighted by Gasteiger charge is -2.18. The molecule has 0 aromatic heterocycles. The average molecular weight is 688 g/mol. The lowest BCUT2D eigenvalue weighted by atomic mass is 9.99. The van der Waals surface area contributed by atoms with Crippen LogP contribution in [0.15, 0.2) is 0 Å². The van der Waals surface area contributed by atoms with E-state index in [4.69, 9.17) is 10.8 Å². The summed E-state index contributed by atoms with van der Waals surface area (Å²) >= 11 is 5.37. The van der Waals surface area contributed by atoms with Crippen LogP contribution in [0, 0.1) is 10.7 Å². The summed E-state index contributed by atoms with van der Waals surface area (Å²) in [4.78, 5) is 36.7. The van der Waals surface area contributed by atoms with Crippen LogP contribution < -0.4 is 11.1 Å². The van der Waals surface area contributed by atoms with E-state index in [2.05, 4.69) is 5.32 Å². The number of halogens is 3. The molecule has 0 fully saturated rings. The lowest BCUT2D eigenvalue weighted by molar-refractivity contribution is 0.0776. The molecular weight excluding hydrogens is 673 g/mol. The number of nitrogens with one attached hydrogen (secondary N) is 1. The fraction of sp³-hybridized carbons (Fsp3) is 0.357. The largest absolute Gasteiger partial charge is 0.394 e. The van der Waals surface area contributed by atoms with Gasteiger partial charge in [0.1, 0.15) is 6.10 Å². The number of benzene rings is 1. The smallest absolute Gasteiger partial charge is 0.253 e. The summed E-state index contributed by atoms with van der Waals surface area (Å²) in [6, 6.07) is 0. The van der Waals surface area contributed by atoms with Crippen molar-refractivity contribution in [3.63, 3.8) is 0 Å². The van der Waals surface area contributed by atoms with Gasteiger partial charge in [-0.2, -0.15) is 0 Å². The Balaban J connectivity index is 3.59. The van der Waals surface area contributed by atoms with Crippen LogP contribution in [0.3, 0.4) is 0 Å². The fourth-order valence-electron chi connectivity index (χ4n) is 1.87. The third-order valence-electron chi connectivity index (χ3n) is 3.13. The quantitative estimate of drug-likeness (QED) is 0.205. The zero-order chi connectivity index (χ0) is 19.5. The number of primary amides is 1. The van der Waals surface area contributed by atoms with Crippen molar-refractivity contribution in [2.75, 3.05) is 13.2 Å². The van der Waals surface area contributed by atoms with Crippen LogP contribution in [0.2, 0.25) is 0 Å². The molecule has 0 aliphatic heterocycles. The number of carbonyl (C=O) groups is 3. The lowest BCUT2D eigenvalue weighted by Crippen LogP contribution is -2.36. The Kier molecular flexibility index (Phi) is 8.92. The van der Waals surface area contributed by atoms with Crippen molar-refractivity contribution in [3.05, 3.63) is 27.4 Å². The molecule has 0 aliphatic carbocycles. The summed E-state index contributed by atoms with van der Waals surface area (Å²) in [5.74, 6) is -2.09. The van der Waals surface area contributed by atoms with Crippen LogP contribution >= 0.6 is 67.8 Å². The maximum atomic E-state index is 12.5. The van der Waals surface area contributed by atoms with Crippen molar-refractivity contribution in [2.45, 2.75) is 19.1 Å². The van der Waals surface area contributed by atoms with Crippen molar-refractivity contribution >= 4 is 85.4 Å². The van der Waals surface area contributed by atoms with Crippen molar-refractivity contribution in [3.8, 4) is 0 Å². The van der Waals surface area contributed by atoms with Crippen LogP contribution in [-0.4, -0.2) is 58.3 Å².